The van der Waals surface area contributed by atoms with Crippen molar-refractivity contribution in [1.29, 1.82) is 0 Å². The number of hydrogen-bond donors (Lipinski definition) is 1. The van der Waals surface area contributed by atoms with Gasteiger partial charge in [-0.25, -0.2) is 4.39 Å². The molecule has 18 heavy (non-hydrogen) atoms. The van der Waals surface area contributed by atoms with Crippen molar-refractivity contribution in [3.05, 3.63) is 42.7 Å². The fraction of sp³-hybridized carbons (Fsp3) is 0.231. The van der Waals surface area contributed by atoms with Crippen LogP contribution in [-0.2, 0) is 9.59 Å². The molecule has 1 heterocycles. The van der Waals surface area contributed by atoms with E-state index in [2.05, 4.69) is 11.9 Å². The van der Waals surface area contributed by atoms with Crippen LogP contribution < -0.4 is 5.32 Å². The number of rotatable bonds is 4. The second-order valence-corrected chi connectivity index (χ2v) is 4.04. The van der Waals surface area contributed by atoms with Crippen LogP contribution in [0.25, 0.3) is 0 Å². The van der Waals surface area contributed by atoms with Gasteiger partial charge in [-0.3, -0.25) is 14.5 Å². The van der Waals surface area contributed by atoms with E-state index in [4.69, 9.17) is 0 Å². The Kier molecular flexibility index (Phi) is 3.41. The molecule has 1 aliphatic heterocycles. The molecule has 0 aliphatic carbocycles. The maximum atomic E-state index is 12.7. The Labute approximate surface area is 104 Å². The highest BCUT2D eigenvalue weighted by molar-refractivity contribution is 6.06. The summed E-state index contributed by atoms with van der Waals surface area (Å²) in [7, 11) is 0. The van der Waals surface area contributed by atoms with E-state index in [0.717, 1.165) is 4.90 Å². The van der Waals surface area contributed by atoms with Crippen molar-refractivity contribution in [2.75, 3.05) is 11.9 Å². The number of nitrogens with one attached hydrogen (secondary N) is 1. The second kappa shape index (κ2) is 5.00. The minimum atomic E-state index is -0.581. The Morgan fingerprint density at radius 1 is 1.39 bits per heavy atom. The molecule has 0 bridgehead atoms. The van der Waals surface area contributed by atoms with Gasteiger partial charge in [0.15, 0.2) is 0 Å². The number of hydrogen-bond acceptors (Lipinski definition) is 3. The molecular formula is C13H13FN2O2. The van der Waals surface area contributed by atoms with Gasteiger partial charge in [-0.05, 0) is 24.3 Å². The second-order valence-electron chi connectivity index (χ2n) is 4.04. The van der Waals surface area contributed by atoms with Crippen molar-refractivity contribution in [1.82, 2.24) is 4.90 Å². The molecule has 4 nitrogen and oxygen atoms in total. The van der Waals surface area contributed by atoms with Crippen molar-refractivity contribution >= 4 is 17.5 Å². The van der Waals surface area contributed by atoms with Crippen LogP contribution in [0.15, 0.2) is 36.9 Å². The van der Waals surface area contributed by atoms with E-state index in [1.807, 2.05) is 0 Å². The summed E-state index contributed by atoms with van der Waals surface area (Å²) in [5.41, 5.74) is 0.614. The van der Waals surface area contributed by atoms with Crippen LogP contribution in [0, 0.1) is 5.82 Å². The molecular weight excluding hydrogens is 235 g/mol. The zero-order chi connectivity index (χ0) is 13.1. The third-order valence-corrected chi connectivity index (χ3v) is 2.74. The number of halogens is 1. The standard InChI is InChI=1S/C13H13FN2O2/c1-2-7-16-12(17)8-11(13(16)18)15-10-5-3-9(14)4-6-10/h2-6,11,15H,1,7-8H2/t11-/m0/s1. The highest BCUT2D eigenvalue weighted by atomic mass is 19.1. The number of likely N-dealkylation sites (tertiary alicyclic amines) is 1. The molecule has 1 N–H and O–H groups in total. The number of nitrogens with zero attached hydrogens (tertiary/aromatic N) is 1. The lowest BCUT2D eigenvalue weighted by Gasteiger charge is -2.14. The molecule has 2 rings (SSSR count). The number of imide groups is 1. The van der Waals surface area contributed by atoms with Gasteiger partial charge in [-0.2, -0.15) is 0 Å². The largest absolute Gasteiger partial charge is 0.373 e. The summed E-state index contributed by atoms with van der Waals surface area (Å²) in [5, 5.41) is 2.92. The first kappa shape index (κ1) is 12.3. The van der Waals surface area contributed by atoms with Crippen LogP contribution in [0.4, 0.5) is 10.1 Å². The van der Waals surface area contributed by atoms with Gasteiger partial charge in [0.05, 0.1) is 6.42 Å². The normalized spacial score (nSPS) is 19.2. The first-order valence-electron chi connectivity index (χ1n) is 5.59. The van der Waals surface area contributed by atoms with Crippen LogP contribution in [-0.4, -0.2) is 29.3 Å². The lowest BCUT2D eigenvalue weighted by atomic mass is 10.2. The Hall–Kier alpha value is -2.17. The van der Waals surface area contributed by atoms with E-state index in [-0.39, 0.29) is 30.6 Å². The average Bonchev–Trinajstić information content (AvgIpc) is 2.60. The van der Waals surface area contributed by atoms with Crippen LogP contribution in [0.1, 0.15) is 6.42 Å². The van der Waals surface area contributed by atoms with Gasteiger partial charge in [0.25, 0.3) is 5.91 Å². The molecule has 0 spiro atoms. The zero-order valence-corrected chi connectivity index (χ0v) is 9.73. The van der Waals surface area contributed by atoms with E-state index < -0.39 is 6.04 Å². The van der Waals surface area contributed by atoms with E-state index in [1.54, 1.807) is 0 Å². The molecule has 1 saturated heterocycles. The number of carbonyl (C=O) groups is 2. The zero-order valence-electron chi connectivity index (χ0n) is 9.73. The predicted octanol–water partition coefficient (Wildman–Crippen LogP) is 1.55. The summed E-state index contributed by atoms with van der Waals surface area (Å²) in [4.78, 5) is 24.6. The molecule has 1 atom stereocenters. The van der Waals surface area contributed by atoms with E-state index >= 15 is 0 Å². The Morgan fingerprint density at radius 3 is 2.67 bits per heavy atom. The minimum absolute atomic E-state index is 0.115. The van der Waals surface area contributed by atoms with Crippen LogP contribution in [0.3, 0.4) is 0 Å². The number of benzene rings is 1. The Bertz CT molecular complexity index is 484. The number of anilines is 1. The van der Waals surface area contributed by atoms with Crippen LogP contribution >= 0.6 is 0 Å². The summed E-state index contributed by atoms with van der Waals surface area (Å²) < 4.78 is 12.7. The fourth-order valence-corrected chi connectivity index (χ4v) is 1.86. The first-order chi connectivity index (χ1) is 8.61. The average molecular weight is 248 g/mol. The van der Waals surface area contributed by atoms with Gasteiger partial charge in [-0.15, -0.1) is 6.58 Å². The quantitative estimate of drug-likeness (QED) is 0.649. The van der Waals surface area contributed by atoms with Gasteiger partial charge in [0.1, 0.15) is 11.9 Å². The first-order valence-corrected chi connectivity index (χ1v) is 5.59. The van der Waals surface area contributed by atoms with E-state index in [0.29, 0.717) is 5.69 Å². The van der Waals surface area contributed by atoms with Gasteiger partial charge in [0, 0.05) is 12.2 Å². The number of carbonyl (C=O) groups excluding carboxylic acids is 2. The third kappa shape index (κ3) is 2.40. The summed E-state index contributed by atoms with van der Waals surface area (Å²) >= 11 is 0. The molecule has 1 aromatic carbocycles. The summed E-state index contributed by atoms with van der Waals surface area (Å²) in [5.74, 6) is -0.841. The van der Waals surface area contributed by atoms with E-state index in [9.17, 15) is 14.0 Å². The predicted molar refractivity (Wildman–Crippen MR) is 65.3 cm³/mol. The van der Waals surface area contributed by atoms with Crippen molar-refractivity contribution in [2.45, 2.75) is 12.5 Å². The smallest absolute Gasteiger partial charge is 0.252 e. The molecule has 1 aliphatic rings. The topological polar surface area (TPSA) is 49.4 Å². The molecule has 0 unspecified atom stereocenters. The minimum Gasteiger partial charge on any atom is -0.373 e. The summed E-state index contributed by atoms with van der Waals surface area (Å²) in [6.45, 7) is 3.73. The molecule has 94 valence electrons. The SMILES string of the molecule is C=CCN1C(=O)C[C@H](Nc2ccc(F)cc2)C1=O. The number of amides is 2. The summed E-state index contributed by atoms with van der Waals surface area (Å²) in [6, 6.07) is 5.07. The lowest BCUT2D eigenvalue weighted by Crippen LogP contribution is -2.34. The molecule has 0 saturated carbocycles. The Balaban J connectivity index is 2.07. The third-order valence-electron chi connectivity index (χ3n) is 2.74. The highest BCUT2D eigenvalue weighted by Gasteiger charge is 2.37. The molecule has 1 fully saturated rings. The van der Waals surface area contributed by atoms with Gasteiger partial charge in [-0.1, -0.05) is 6.08 Å². The molecule has 0 radical (unpaired) electrons. The Morgan fingerprint density at radius 2 is 2.06 bits per heavy atom. The fourth-order valence-electron chi connectivity index (χ4n) is 1.86. The van der Waals surface area contributed by atoms with Gasteiger partial charge >= 0.3 is 0 Å². The molecule has 0 aromatic heterocycles. The molecule has 1 aromatic rings. The van der Waals surface area contributed by atoms with Crippen molar-refractivity contribution < 1.29 is 14.0 Å². The van der Waals surface area contributed by atoms with Crippen LogP contribution in [0.2, 0.25) is 0 Å². The maximum absolute atomic E-state index is 12.7. The van der Waals surface area contributed by atoms with Gasteiger partial charge < -0.3 is 5.32 Å². The van der Waals surface area contributed by atoms with Gasteiger partial charge in [0.2, 0.25) is 5.91 Å². The molecule has 5 heteroatoms. The van der Waals surface area contributed by atoms with Crippen molar-refractivity contribution in [3.8, 4) is 0 Å². The highest BCUT2D eigenvalue weighted by Crippen LogP contribution is 2.18. The maximum Gasteiger partial charge on any atom is 0.252 e. The van der Waals surface area contributed by atoms with E-state index in [1.165, 1.54) is 30.3 Å². The summed E-state index contributed by atoms with van der Waals surface area (Å²) in [6.07, 6.45) is 1.63. The van der Waals surface area contributed by atoms with Crippen molar-refractivity contribution in [2.24, 2.45) is 0 Å². The van der Waals surface area contributed by atoms with Crippen LogP contribution in [0.5, 0.6) is 0 Å². The molecule has 2 amide bonds. The monoisotopic (exact) mass is 248 g/mol. The van der Waals surface area contributed by atoms with Crippen molar-refractivity contribution in [3.63, 3.8) is 0 Å². The lowest BCUT2D eigenvalue weighted by molar-refractivity contribution is -0.137.